The fourth-order valence-corrected chi connectivity index (χ4v) is 4.69. The third-order valence-corrected chi connectivity index (χ3v) is 6.11. The maximum absolute atomic E-state index is 13.6. The number of benzene rings is 2. The number of nitrogens with zero attached hydrogens (tertiary/aromatic N) is 1. The number of rotatable bonds is 4. The minimum absolute atomic E-state index is 0.387. The number of carbonyl (C=O) groups excluding carboxylic acids is 3. The van der Waals surface area contributed by atoms with Gasteiger partial charge in [0.25, 0.3) is 5.91 Å². The Bertz CT molecular complexity index is 1060. The number of hydrogen-bond acceptors (Lipinski definition) is 6. The number of fused-ring (bicyclic) bond motifs is 1. The largest absolute Gasteiger partial charge is 0.443 e. The predicted octanol–water partition coefficient (Wildman–Crippen LogP) is 5.40. The second-order valence-electron chi connectivity index (χ2n) is 9.85. The van der Waals surface area contributed by atoms with Crippen LogP contribution in [0.4, 0.5) is 15.3 Å². The molecule has 3 amide bonds. The molecular weight excluding hydrogens is 454 g/mol. The van der Waals surface area contributed by atoms with Crippen LogP contribution in [0.5, 0.6) is 0 Å². The van der Waals surface area contributed by atoms with Crippen LogP contribution in [0.3, 0.4) is 0 Å². The van der Waals surface area contributed by atoms with Crippen LogP contribution in [0, 0.1) is 0 Å². The summed E-state index contributed by atoms with van der Waals surface area (Å²) in [6.07, 6.45) is -1.76. The van der Waals surface area contributed by atoms with Crippen molar-refractivity contribution in [2.45, 2.75) is 63.4 Å². The third-order valence-electron chi connectivity index (χ3n) is 4.63. The first-order valence-electron chi connectivity index (χ1n) is 10.9. The molecule has 1 heterocycles. The Hall–Kier alpha value is -3.20. The second kappa shape index (κ2) is 9.58. The van der Waals surface area contributed by atoms with Crippen LogP contribution < -0.4 is 10.7 Å². The van der Waals surface area contributed by atoms with Gasteiger partial charge in [-0.25, -0.2) is 15.0 Å². The molecule has 1 aliphatic rings. The highest BCUT2D eigenvalue weighted by molar-refractivity contribution is 8.00. The second-order valence-corrected chi connectivity index (χ2v) is 11.0. The van der Waals surface area contributed by atoms with E-state index in [2.05, 4.69) is 10.7 Å². The van der Waals surface area contributed by atoms with Crippen molar-refractivity contribution in [3.8, 4) is 0 Å². The molecular formula is C25H31N3O5S. The lowest BCUT2D eigenvalue weighted by molar-refractivity contribution is -0.123. The normalized spacial score (nSPS) is 17.4. The van der Waals surface area contributed by atoms with Gasteiger partial charge in [-0.2, -0.15) is 5.01 Å². The van der Waals surface area contributed by atoms with Gasteiger partial charge in [0.05, 0.1) is 0 Å². The maximum atomic E-state index is 13.6. The quantitative estimate of drug-likeness (QED) is 0.444. The molecule has 0 radical (unpaired) electrons. The zero-order valence-electron chi connectivity index (χ0n) is 20.3. The van der Waals surface area contributed by atoms with E-state index in [0.717, 1.165) is 10.6 Å². The fourth-order valence-electron chi connectivity index (χ4n) is 3.36. The third kappa shape index (κ3) is 5.83. The first-order chi connectivity index (χ1) is 15.8. The van der Waals surface area contributed by atoms with Gasteiger partial charge in [-0.3, -0.25) is 4.79 Å². The summed E-state index contributed by atoms with van der Waals surface area (Å²) in [6, 6.07) is 16.6. The summed E-state index contributed by atoms with van der Waals surface area (Å²) in [5.41, 5.74) is 2.85. The van der Waals surface area contributed by atoms with E-state index in [1.807, 2.05) is 30.3 Å². The van der Waals surface area contributed by atoms with Crippen molar-refractivity contribution in [3.05, 3.63) is 65.7 Å². The van der Waals surface area contributed by atoms with Gasteiger partial charge in [-0.1, -0.05) is 48.5 Å². The Balaban J connectivity index is 2.10. The van der Waals surface area contributed by atoms with Crippen molar-refractivity contribution in [3.63, 3.8) is 0 Å². The van der Waals surface area contributed by atoms with Crippen molar-refractivity contribution in [2.24, 2.45) is 0 Å². The number of hydrogen-bond donors (Lipinski definition) is 2. The van der Waals surface area contributed by atoms with Crippen LogP contribution in [0.2, 0.25) is 0 Å². The molecule has 182 valence electrons. The van der Waals surface area contributed by atoms with E-state index in [4.69, 9.17) is 9.47 Å². The molecule has 0 saturated carbocycles. The molecule has 1 atom stereocenters. The average molecular weight is 486 g/mol. The van der Waals surface area contributed by atoms with Crippen LogP contribution in [0.15, 0.2) is 54.6 Å². The maximum Gasteiger partial charge on any atom is 0.431 e. The van der Waals surface area contributed by atoms with E-state index in [0.29, 0.717) is 17.0 Å². The summed E-state index contributed by atoms with van der Waals surface area (Å²) in [5, 5.41) is 3.79. The van der Waals surface area contributed by atoms with Crippen molar-refractivity contribution in [1.29, 1.82) is 0 Å². The standard InChI is InChI=1S/C25H31N3O5S/c1-23(2,3)32-21(30)27-28(22(31)33-24(4,5)6)25(34-16-17-12-8-7-9-13-17)18-14-10-11-15-19(18)26-20(25)29/h7-15H,16H2,1-6H3,(H,26,29)(H,27,30)/t25-/m1/s1. The summed E-state index contributed by atoms with van der Waals surface area (Å²) in [4.78, 5) is 38.2. The Morgan fingerprint density at radius 3 is 2.15 bits per heavy atom. The summed E-state index contributed by atoms with van der Waals surface area (Å²) in [5.74, 6) is -0.0886. The Kier molecular flexibility index (Phi) is 7.16. The van der Waals surface area contributed by atoms with Gasteiger partial charge in [0.2, 0.25) is 4.87 Å². The Morgan fingerprint density at radius 1 is 0.941 bits per heavy atom. The summed E-state index contributed by atoms with van der Waals surface area (Å²) >= 11 is 1.20. The number of nitrogens with one attached hydrogen (secondary N) is 2. The predicted molar refractivity (Wildman–Crippen MR) is 132 cm³/mol. The molecule has 1 aliphatic heterocycles. The number of anilines is 1. The lowest BCUT2D eigenvalue weighted by Gasteiger charge is -2.39. The lowest BCUT2D eigenvalue weighted by atomic mass is 10.1. The molecule has 34 heavy (non-hydrogen) atoms. The van der Waals surface area contributed by atoms with Crippen LogP contribution >= 0.6 is 11.8 Å². The van der Waals surface area contributed by atoms with Gasteiger partial charge < -0.3 is 14.8 Å². The number of para-hydroxylation sites is 1. The average Bonchev–Trinajstić information content (AvgIpc) is 3.00. The van der Waals surface area contributed by atoms with Crippen molar-refractivity contribution in [2.75, 3.05) is 5.32 Å². The topological polar surface area (TPSA) is 97.0 Å². The zero-order chi connectivity index (χ0) is 25.1. The highest BCUT2D eigenvalue weighted by Gasteiger charge is 2.56. The molecule has 0 fully saturated rings. The number of amides is 3. The zero-order valence-corrected chi connectivity index (χ0v) is 21.1. The molecule has 0 aliphatic carbocycles. The van der Waals surface area contributed by atoms with E-state index in [-0.39, 0.29) is 0 Å². The highest BCUT2D eigenvalue weighted by Crippen LogP contribution is 2.49. The number of thioether (sulfide) groups is 1. The molecule has 9 heteroatoms. The van der Waals surface area contributed by atoms with Gasteiger partial charge in [0.15, 0.2) is 0 Å². The van der Waals surface area contributed by atoms with E-state index in [9.17, 15) is 14.4 Å². The summed E-state index contributed by atoms with van der Waals surface area (Å²) in [7, 11) is 0. The van der Waals surface area contributed by atoms with Crippen LogP contribution in [0.1, 0.15) is 52.7 Å². The van der Waals surface area contributed by atoms with Gasteiger partial charge in [-0.05, 0) is 53.2 Å². The molecule has 2 aromatic rings. The molecule has 2 N–H and O–H groups in total. The molecule has 2 aromatic carbocycles. The molecule has 0 aromatic heterocycles. The molecule has 0 saturated heterocycles. The van der Waals surface area contributed by atoms with E-state index in [1.54, 1.807) is 65.8 Å². The van der Waals surface area contributed by atoms with Gasteiger partial charge in [0, 0.05) is 17.0 Å². The molecule has 8 nitrogen and oxygen atoms in total. The van der Waals surface area contributed by atoms with Gasteiger partial charge in [-0.15, -0.1) is 11.8 Å². The first-order valence-corrected chi connectivity index (χ1v) is 11.9. The Morgan fingerprint density at radius 2 is 1.53 bits per heavy atom. The minimum Gasteiger partial charge on any atom is -0.443 e. The fraction of sp³-hybridized carbons (Fsp3) is 0.400. The molecule has 0 spiro atoms. The smallest absolute Gasteiger partial charge is 0.431 e. The number of hydrazine groups is 1. The van der Waals surface area contributed by atoms with E-state index >= 15 is 0 Å². The molecule has 0 bridgehead atoms. The summed E-state index contributed by atoms with van der Waals surface area (Å²) in [6.45, 7) is 10.3. The van der Waals surface area contributed by atoms with Gasteiger partial charge >= 0.3 is 12.2 Å². The van der Waals surface area contributed by atoms with Crippen molar-refractivity contribution < 1.29 is 23.9 Å². The van der Waals surface area contributed by atoms with Crippen LogP contribution in [-0.4, -0.2) is 34.3 Å². The first kappa shape index (κ1) is 25.4. The summed E-state index contributed by atoms with van der Waals surface area (Å²) < 4.78 is 11.0. The van der Waals surface area contributed by atoms with Crippen molar-refractivity contribution >= 4 is 35.5 Å². The SMILES string of the molecule is CC(C)(C)OC(=O)NN(C(=O)OC(C)(C)C)[C@]1(SCc2ccccc2)C(=O)Nc2ccccc21. The number of carbonyl (C=O) groups is 3. The lowest BCUT2D eigenvalue weighted by Crippen LogP contribution is -2.61. The molecule has 0 unspecified atom stereocenters. The van der Waals surface area contributed by atoms with Crippen LogP contribution in [-0.2, 0) is 24.9 Å². The van der Waals surface area contributed by atoms with E-state index < -0.39 is 34.2 Å². The van der Waals surface area contributed by atoms with Crippen molar-refractivity contribution in [1.82, 2.24) is 10.4 Å². The van der Waals surface area contributed by atoms with Crippen LogP contribution in [0.25, 0.3) is 0 Å². The molecule has 3 rings (SSSR count). The Labute approximate surface area is 204 Å². The van der Waals surface area contributed by atoms with Gasteiger partial charge in [0.1, 0.15) is 11.2 Å². The number of ether oxygens (including phenoxy) is 2. The monoisotopic (exact) mass is 485 g/mol. The highest BCUT2D eigenvalue weighted by atomic mass is 32.2. The van der Waals surface area contributed by atoms with E-state index in [1.165, 1.54) is 11.8 Å². The minimum atomic E-state index is -1.63.